The predicted molar refractivity (Wildman–Crippen MR) is 147 cm³/mol. The van der Waals surface area contributed by atoms with E-state index in [1.54, 1.807) is 0 Å². The molecule has 190 valence electrons. The molecule has 0 amide bonds. The summed E-state index contributed by atoms with van der Waals surface area (Å²) in [5, 5.41) is 0. The van der Waals surface area contributed by atoms with Crippen LogP contribution in [0.1, 0.15) is 41.8 Å². The van der Waals surface area contributed by atoms with E-state index < -0.39 is 29.3 Å². The summed E-state index contributed by atoms with van der Waals surface area (Å²) in [6, 6.07) is 29.3. The Morgan fingerprint density at radius 1 is 0.615 bits per heavy atom. The van der Waals surface area contributed by atoms with Gasteiger partial charge in [0, 0.05) is 0 Å². The second kappa shape index (κ2) is 9.05. The van der Waals surface area contributed by atoms with Crippen molar-refractivity contribution >= 4 is 11.9 Å². The number of hydrogen-bond donors (Lipinski definition) is 0. The van der Waals surface area contributed by atoms with Gasteiger partial charge in [0.2, 0.25) is 0 Å². The first-order valence-corrected chi connectivity index (χ1v) is 16.3. The molecule has 4 nitrogen and oxygen atoms in total. The van der Waals surface area contributed by atoms with E-state index in [2.05, 4.69) is 73.8 Å². The van der Waals surface area contributed by atoms with Crippen molar-refractivity contribution in [2.24, 2.45) is 0 Å². The monoisotopic (exact) mass is 546 g/mol. The van der Waals surface area contributed by atoms with E-state index in [0.29, 0.717) is 0 Å². The first-order chi connectivity index (χ1) is 19.1. The molecule has 7 rings (SSSR count). The summed E-state index contributed by atoms with van der Waals surface area (Å²) >= 11 is -4.75. The number of benzene rings is 4. The summed E-state index contributed by atoms with van der Waals surface area (Å²) in [6.45, 7) is 7.43. The van der Waals surface area contributed by atoms with E-state index in [9.17, 15) is 9.59 Å². The summed E-state index contributed by atoms with van der Waals surface area (Å²) in [4.78, 5) is 26.7. The van der Waals surface area contributed by atoms with Gasteiger partial charge in [0.25, 0.3) is 0 Å². The Kier molecular flexibility index (Phi) is 5.59. The fourth-order valence-corrected chi connectivity index (χ4v) is 14.1. The third-order valence-electron chi connectivity index (χ3n) is 8.42. The summed E-state index contributed by atoms with van der Waals surface area (Å²) in [5.41, 5.74) is 11.1. The van der Waals surface area contributed by atoms with Gasteiger partial charge in [0.1, 0.15) is 0 Å². The van der Waals surface area contributed by atoms with Crippen LogP contribution in [0.15, 0.2) is 110 Å². The van der Waals surface area contributed by atoms with Gasteiger partial charge in [-0.15, -0.1) is 0 Å². The molecule has 39 heavy (non-hydrogen) atoms. The van der Waals surface area contributed by atoms with Gasteiger partial charge in [-0.2, -0.15) is 0 Å². The number of carbonyl (C=O) groups is 2. The number of carbonyl (C=O) groups excluding carboxylic acids is 2. The maximum atomic E-state index is 13.3. The standard InChI is InChI=1S/C28H20.2C3H4O2.Ti/c1-3-11-23-21(7-1)17-27-19(9-5-13-25(23)27)15-16-20-10-6-14-26-24-12-4-2-8-22(24)18-28(20)26;2*1-2-3(4)5;/h1-14,17-18H,15-16H2;2*2H,1H2,(H,4,5);/q;;;+2/p-2. The molecule has 0 fully saturated rings. The molecule has 0 saturated carbocycles. The summed E-state index contributed by atoms with van der Waals surface area (Å²) < 4.78 is 12.5. The van der Waals surface area contributed by atoms with Crippen molar-refractivity contribution in [1.82, 2.24) is 0 Å². The minimum absolute atomic E-state index is 0.379. The molecule has 4 aromatic carbocycles. The molecule has 2 atom stereocenters. The van der Waals surface area contributed by atoms with Gasteiger partial charge in [-0.05, 0) is 0 Å². The number of aryl methyl sites for hydroxylation is 2. The predicted octanol–water partition coefficient (Wildman–Crippen LogP) is 7.07. The Balaban J connectivity index is 1.66. The van der Waals surface area contributed by atoms with Gasteiger partial charge in [0.05, 0.1) is 0 Å². The Morgan fingerprint density at radius 2 is 1.03 bits per heavy atom. The molecule has 3 aliphatic rings. The average Bonchev–Trinajstić information content (AvgIpc) is 3.51. The van der Waals surface area contributed by atoms with Crippen molar-refractivity contribution in [2.45, 2.75) is 21.3 Å². The van der Waals surface area contributed by atoms with Crippen LogP contribution >= 0.6 is 0 Å². The molecule has 1 aliphatic heterocycles. The second-order valence-corrected chi connectivity index (χ2v) is 15.0. The van der Waals surface area contributed by atoms with Gasteiger partial charge in [-0.3, -0.25) is 0 Å². The van der Waals surface area contributed by atoms with E-state index in [4.69, 9.17) is 6.64 Å². The van der Waals surface area contributed by atoms with Crippen LogP contribution in [0.5, 0.6) is 0 Å². The first-order valence-electron chi connectivity index (χ1n) is 13.2. The Morgan fingerprint density at radius 3 is 1.46 bits per heavy atom. The van der Waals surface area contributed by atoms with Gasteiger partial charge in [0.15, 0.2) is 0 Å². The molecule has 0 bridgehead atoms. The molecule has 2 unspecified atom stereocenters. The first kappa shape index (κ1) is 24.1. The molecule has 1 heterocycles. The fourth-order valence-electron chi connectivity index (χ4n) is 7.04. The number of hydrogen-bond acceptors (Lipinski definition) is 4. The molecule has 4 aromatic rings. The van der Waals surface area contributed by atoms with Crippen LogP contribution in [0.25, 0.3) is 22.3 Å². The Hall–Kier alpha value is -3.99. The summed E-state index contributed by atoms with van der Waals surface area (Å²) in [5.74, 6) is -1.14. The summed E-state index contributed by atoms with van der Waals surface area (Å²) in [6.07, 6.45) is 4.03. The van der Waals surface area contributed by atoms with Gasteiger partial charge >= 0.3 is 233 Å². The van der Waals surface area contributed by atoms with Crippen molar-refractivity contribution < 1.29 is 33.6 Å². The van der Waals surface area contributed by atoms with Crippen LogP contribution in [0, 0.1) is 0 Å². The molecule has 0 aromatic heterocycles. The van der Waals surface area contributed by atoms with E-state index in [1.807, 2.05) is 24.3 Å². The minimum atomic E-state index is -4.75. The van der Waals surface area contributed by atoms with Crippen LogP contribution in [-0.4, -0.2) is 11.9 Å². The van der Waals surface area contributed by atoms with Crippen molar-refractivity contribution in [3.8, 4) is 22.3 Å². The van der Waals surface area contributed by atoms with Crippen molar-refractivity contribution in [3.05, 3.63) is 144 Å². The molecule has 5 heteroatoms. The van der Waals surface area contributed by atoms with E-state index in [0.717, 1.165) is 57.3 Å². The topological polar surface area (TPSA) is 52.6 Å². The van der Waals surface area contributed by atoms with E-state index in [-0.39, 0.29) is 8.45 Å². The molecule has 0 radical (unpaired) electrons. The molecule has 2 aliphatic carbocycles. The Labute approximate surface area is 231 Å². The third kappa shape index (κ3) is 3.42. The van der Waals surface area contributed by atoms with Gasteiger partial charge in [-0.1, -0.05) is 0 Å². The molecular weight excluding hydrogens is 520 g/mol. The Bertz CT molecular complexity index is 1590. The normalized spacial score (nSPS) is 18.7. The number of fused-ring (bicyclic) bond motifs is 6. The van der Waals surface area contributed by atoms with Crippen molar-refractivity contribution in [3.63, 3.8) is 0 Å². The van der Waals surface area contributed by atoms with Gasteiger partial charge in [-0.25, -0.2) is 0 Å². The van der Waals surface area contributed by atoms with Gasteiger partial charge < -0.3 is 0 Å². The van der Waals surface area contributed by atoms with Crippen LogP contribution in [0.2, 0.25) is 0 Å². The number of rotatable bonds is 4. The van der Waals surface area contributed by atoms with E-state index in [1.165, 1.54) is 23.3 Å². The maximum absolute atomic E-state index is 13.3. The van der Waals surface area contributed by atoms with Crippen molar-refractivity contribution in [1.29, 1.82) is 0 Å². The molecule has 0 N–H and O–H groups in total. The van der Waals surface area contributed by atoms with Crippen molar-refractivity contribution in [2.75, 3.05) is 0 Å². The van der Waals surface area contributed by atoms with Crippen LogP contribution in [0.3, 0.4) is 0 Å². The fraction of sp³-hybridized carbons (Fsp3) is 0.118. The van der Waals surface area contributed by atoms with E-state index >= 15 is 0 Å². The summed E-state index contributed by atoms with van der Waals surface area (Å²) in [7, 11) is 0. The quantitative estimate of drug-likeness (QED) is 0.203. The zero-order valence-electron chi connectivity index (χ0n) is 21.4. The molecule has 0 spiro atoms. The average molecular weight is 546 g/mol. The third-order valence-corrected chi connectivity index (χ3v) is 14.4. The van der Waals surface area contributed by atoms with Crippen LogP contribution < -0.4 is 0 Å². The second-order valence-electron chi connectivity index (χ2n) is 10.3. The SMILES string of the molecule is C=CC(=O)[O][Ti]1([O]C(=O)C=C)[CH]2c3ccccc3-c3cccc(c32)CCc2cccc3c2[CH]1c1ccccc1-3. The van der Waals surface area contributed by atoms with Crippen LogP contribution in [-0.2, 0) is 46.4 Å². The molecule has 0 saturated heterocycles. The zero-order valence-corrected chi connectivity index (χ0v) is 22.9. The van der Waals surface area contributed by atoms with Crippen LogP contribution in [0.4, 0.5) is 0 Å². The molecular formula is C34H26O4Ti. The zero-order chi connectivity index (χ0) is 26.7.